The van der Waals surface area contributed by atoms with Crippen LogP contribution in [0.1, 0.15) is 94.9 Å². The smallest absolute Gasteiger partial charge is 0.336 e. The van der Waals surface area contributed by atoms with Crippen LogP contribution in [-0.4, -0.2) is 42.1 Å². The highest BCUT2D eigenvalue weighted by Crippen LogP contribution is 2.53. The average Bonchev–Trinajstić information content (AvgIpc) is 3.04. The van der Waals surface area contributed by atoms with Gasteiger partial charge in [-0.3, -0.25) is 14.4 Å². The predicted molar refractivity (Wildman–Crippen MR) is 164 cm³/mol. The zero-order valence-electron chi connectivity index (χ0n) is 24.2. The molecule has 0 aromatic heterocycles. The summed E-state index contributed by atoms with van der Waals surface area (Å²) in [7, 11) is 0. The van der Waals surface area contributed by atoms with Gasteiger partial charge in [-0.15, -0.1) is 11.6 Å². The maximum Gasteiger partial charge on any atom is 0.336 e. The van der Waals surface area contributed by atoms with E-state index in [-0.39, 0.29) is 36.9 Å². The van der Waals surface area contributed by atoms with E-state index < -0.39 is 34.5 Å². The second-order valence-corrected chi connectivity index (χ2v) is 19.0. The Labute approximate surface area is 250 Å². The molecule has 212 valence electrons. The highest BCUT2D eigenvalue weighted by Gasteiger charge is 2.52. The Morgan fingerprint density at radius 1 is 0.946 bits per heavy atom. The summed E-state index contributed by atoms with van der Waals surface area (Å²) in [4.78, 5) is 56.7. The lowest BCUT2D eigenvalue weighted by molar-refractivity contribution is -0.206. The van der Waals surface area contributed by atoms with Gasteiger partial charge in [0.15, 0.2) is 0 Å². The number of nitrogens with one attached hydrogen (secondary N) is 1. The van der Waals surface area contributed by atoms with Crippen LogP contribution in [0.15, 0.2) is 12.7 Å². The number of carbonyl (C=O) groups is 4. The van der Waals surface area contributed by atoms with Crippen LogP contribution in [-0.2, 0) is 24.0 Å². The molecule has 0 saturated carbocycles. The quantitative estimate of drug-likeness (QED) is 0.102. The van der Waals surface area contributed by atoms with Crippen molar-refractivity contribution in [1.29, 1.82) is 0 Å². The predicted octanol–water partition coefficient (Wildman–Crippen LogP) is 6.41. The van der Waals surface area contributed by atoms with Crippen molar-refractivity contribution in [3.05, 3.63) is 12.7 Å². The van der Waals surface area contributed by atoms with E-state index >= 15 is 0 Å². The summed E-state index contributed by atoms with van der Waals surface area (Å²) in [6.45, 7) is 24.8. The molecule has 1 rings (SSSR count). The zero-order chi connectivity index (χ0) is 29.2. The van der Waals surface area contributed by atoms with Crippen molar-refractivity contribution in [2.75, 3.05) is 6.54 Å². The molecule has 1 N–H and O–H groups in total. The maximum absolute atomic E-state index is 13.6. The van der Waals surface area contributed by atoms with Crippen LogP contribution in [0, 0.1) is 28.1 Å². The van der Waals surface area contributed by atoms with Gasteiger partial charge in [-0.1, -0.05) is 120 Å². The first kappa shape index (κ1) is 34.3. The van der Waals surface area contributed by atoms with Gasteiger partial charge in [0.2, 0.25) is 5.91 Å². The molecule has 0 radical (unpaired) electrons. The van der Waals surface area contributed by atoms with E-state index in [9.17, 15) is 19.2 Å². The van der Waals surface area contributed by atoms with E-state index in [1.807, 2.05) is 61.5 Å². The van der Waals surface area contributed by atoms with Crippen molar-refractivity contribution >= 4 is 68.9 Å². The van der Waals surface area contributed by atoms with Crippen LogP contribution in [0.25, 0.3) is 0 Å². The number of nitrogens with zero attached hydrogens (tertiary/aromatic N) is 1. The van der Waals surface area contributed by atoms with Gasteiger partial charge in [-0.2, -0.15) is 0 Å². The standard InChI is InChI=1S/C28H46I2N2O5/c1-12-24(2,3)17-31-22(35)18(28(10,11)30)15-25(4,5)27(8,9)19(16-26(6,7)29)23(36)37-32-20(33)13-14-21(32)34/h12,18-19H,1,13-17H2,2-11H3,(H,31,35). The molecule has 2 atom stereocenters. The summed E-state index contributed by atoms with van der Waals surface area (Å²) >= 11 is 4.64. The molecular weight excluding hydrogens is 698 g/mol. The summed E-state index contributed by atoms with van der Waals surface area (Å²) < 4.78 is -0.593. The number of amides is 3. The molecule has 0 bridgehead atoms. The number of hydrogen-bond donors (Lipinski definition) is 1. The van der Waals surface area contributed by atoms with Crippen molar-refractivity contribution in [3.63, 3.8) is 0 Å². The third kappa shape index (κ3) is 9.46. The number of imide groups is 1. The second-order valence-electron chi connectivity index (χ2n) is 13.3. The highest BCUT2D eigenvalue weighted by atomic mass is 127. The normalized spacial score (nSPS) is 17.5. The molecule has 0 aromatic rings. The van der Waals surface area contributed by atoms with E-state index in [4.69, 9.17) is 4.84 Å². The lowest BCUT2D eigenvalue weighted by Crippen LogP contribution is -2.51. The summed E-state index contributed by atoms with van der Waals surface area (Å²) in [5.41, 5.74) is -1.36. The van der Waals surface area contributed by atoms with Crippen LogP contribution in [0.3, 0.4) is 0 Å². The Kier molecular flexibility index (Phi) is 11.3. The van der Waals surface area contributed by atoms with Crippen molar-refractivity contribution < 1.29 is 24.0 Å². The van der Waals surface area contributed by atoms with Gasteiger partial charge in [0.1, 0.15) is 0 Å². The van der Waals surface area contributed by atoms with Gasteiger partial charge < -0.3 is 10.2 Å². The highest BCUT2D eigenvalue weighted by molar-refractivity contribution is 14.1. The fourth-order valence-corrected chi connectivity index (χ4v) is 5.28. The van der Waals surface area contributed by atoms with Gasteiger partial charge in [0.05, 0.1) is 11.8 Å². The van der Waals surface area contributed by atoms with Crippen molar-refractivity contribution in [2.24, 2.45) is 28.1 Å². The summed E-state index contributed by atoms with van der Waals surface area (Å²) in [6, 6.07) is 0. The summed E-state index contributed by atoms with van der Waals surface area (Å²) in [6.07, 6.45) is 2.95. The van der Waals surface area contributed by atoms with Gasteiger partial charge >= 0.3 is 5.97 Å². The topological polar surface area (TPSA) is 92.8 Å². The van der Waals surface area contributed by atoms with Gasteiger partial charge in [0.25, 0.3) is 11.8 Å². The molecule has 0 aromatic carbocycles. The lowest BCUT2D eigenvalue weighted by Gasteiger charge is -2.49. The number of rotatable bonds is 13. The van der Waals surface area contributed by atoms with Gasteiger partial charge in [-0.05, 0) is 29.1 Å². The lowest BCUT2D eigenvalue weighted by atomic mass is 9.56. The van der Waals surface area contributed by atoms with E-state index in [0.717, 1.165) is 0 Å². The second kappa shape index (κ2) is 12.2. The van der Waals surface area contributed by atoms with Crippen LogP contribution in [0.4, 0.5) is 0 Å². The third-order valence-corrected chi connectivity index (χ3v) is 9.10. The number of hydroxylamine groups is 2. The molecule has 7 nitrogen and oxygen atoms in total. The Balaban J connectivity index is 3.33. The monoisotopic (exact) mass is 744 g/mol. The van der Waals surface area contributed by atoms with Crippen LogP contribution >= 0.6 is 45.2 Å². The minimum atomic E-state index is -0.640. The number of carbonyl (C=O) groups excluding carboxylic acids is 4. The minimum Gasteiger partial charge on any atom is -0.355 e. The molecule has 2 unspecified atom stereocenters. The first-order valence-electron chi connectivity index (χ1n) is 12.8. The molecule has 1 aliphatic heterocycles. The molecule has 3 amide bonds. The fourth-order valence-electron chi connectivity index (χ4n) is 4.33. The van der Waals surface area contributed by atoms with Crippen molar-refractivity contribution in [2.45, 2.75) is 102 Å². The average molecular weight is 744 g/mol. The largest absolute Gasteiger partial charge is 0.355 e. The Morgan fingerprint density at radius 3 is 1.84 bits per heavy atom. The third-order valence-electron chi connectivity index (χ3n) is 7.91. The molecule has 9 heteroatoms. The van der Waals surface area contributed by atoms with Crippen LogP contribution in [0.2, 0.25) is 0 Å². The summed E-state index contributed by atoms with van der Waals surface area (Å²) in [5, 5.41) is 3.74. The van der Waals surface area contributed by atoms with Crippen molar-refractivity contribution in [1.82, 2.24) is 10.4 Å². The maximum atomic E-state index is 13.6. The van der Waals surface area contributed by atoms with E-state index in [1.165, 1.54) is 0 Å². The number of hydrogen-bond acceptors (Lipinski definition) is 5. The van der Waals surface area contributed by atoms with E-state index in [0.29, 0.717) is 24.4 Å². The van der Waals surface area contributed by atoms with Gasteiger partial charge in [0, 0.05) is 26.2 Å². The summed E-state index contributed by atoms with van der Waals surface area (Å²) in [5.74, 6) is -2.54. The first-order valence-corrected chi connectivity index (χ1v) is 15.0. The molecule has 1 aliphatic rings. The van der Waals surface area contributed by atoms with Crippen molar-refractivity contribution in [3.8, 4) is 0 Å². The molecule has 37 heavy (non-hydrogen) atoms. The Morgan fingerprint density at radius 2 is 1.43 bits per heavy atom. The molecule has 0 aliphatic carbocycles. The van der Waals surface area contributed by atoms with Crippen LogP contribution in [0.5, 0.6) is 0 Å². The minimum absolute atomic E-state index is 0.0280. The molecule has 1 saturated heterocycles. The first-order chi connectivity index (χ1) is 16.4. The fraction of sp³-hybridized carbons (Fsp3) is 0.786. The molecule has 0 spiro atoms. The van der Waals surface area contributed by atoms with Crippen LogP contribution < -0.4 is 5.32 Å². The van der Waals surface area contributed by atoms with E-state index in [2.05, 4.69) is 70.9 Å². The SMILES string of the molecule is C=CC(C)(C)CNC(=O)C(CC(C)(C)C(C)(C)C(CC(C)(C)I)C(=O)ON1C(=O)CCC1=O)C(C)(C)I. The number of alkyl halides is 2. The van der Waals surface area contributed by atoms with E-state index in [1.54, 1.807) is 0 Å². The Hall–Kier alpha value is -0.720. The molecule has 1 fully saturated rings. The zero-order valence-corrected chi connectivity index (χ0v) is 28.5. The molecular formula is C28H46I2N2O5. The Bertz CT molecular complexity index is 881. The number of halogens is 2. The molecule has 1 heterocycles. The van der Waals surface area contributed by atoms with Gasteiger partial charge in [-0.25, -0.2) is 4.79 Å².